The first-order chi connectivity index (χ1) is 9.22. The van der Waals surface area contributed by atoms with E-state index in [1.165, 1.54) is 7.05 Å². The molecule has 0 unspecified atom stereocenters. The van der Waals surface area contributed by atoms with E-state index in [1.54, 1.807) is 0 Å². The van der Waals surface area contributed by atoms with Crippen LogP contribution >= 0.6 is 0 Å². The zero-order chi connectivity index (χ0) is 13.7. The molecule has 104 valence electrons. The standard InChI is InChI=1S/C9H14N6O4/c1-11-9(16)18-14-8(6-7(10)13-19-12-6)15-2-4-17-5-3-15/h2-5H2,1H3,(H2,10,13)(H,11,16)/b14-8+. The fraction of sp³-hybridized carbons (Fsp3) is 0.556. The highest BCUT2D eigenvalue weighted by molar-refractivity contribution is 6.00. The number of morpholine rings is 1. The van der Waals surface area contributed by atoms with Crippen LogP contribution < -0.4 is 11.1 Å². The number of hydrogen-bond acceptors (Lipinski definition) is 8. The molecule has 1 aromatic rings. The summed E-state index contributed by atoms with van der Waals surface area (Å²) in [6.07, 6.45) is -0.694. The Bertz CT molecular complexity index is 467. The van der Waals surface area contributed by atoms with Crippen molar-refractivity contribution < 1.29 is 19.0 Å². The number of ether oxygens (including phenoxy) is 1. The number of carbonyl (C=O) groups excluding carboxylic acids is 1. The zero-order valence-corrected chi connectivity index (χ0v) is 10.3. The third kappa shape index (κ3) is 3.10. The van der Waals surface area contributed by atoms with Gasteiger partial charge in [0.2, 0.25) is 5.84 Å². The number of nitrogen functional groups attached to an aromatic ring is 1. The predicted molar refractivity (Wildman–Crippen MR) is 63.2 cm³/mol. The zero-order valence-electron chi connectivity index (χ0n) is 10.3. The first-order valence-corrected chi connectivity index (χ1v) is 5.60. The van der Waals surface area contributed by atoms with Gasteiger partial charge in [0, 0.05) is 20.1 Å². The average Bonchev–Trinajstić information content (AvgIpc) is 2.86. The highest BCUT2D eigenvalue weighted by atomic mass is 16.7. The van der Waals surface area contributed by atoms with E-state index in [0.717, 1.165) is 0 Å². The molecule has 0 atom stereocenters. The maximum absolute atomic E-state index is 11.1. The molecule has 2 rings (SSSR count). The van der Waals surface area contributed by atoms with E-state index >= 15 is 0 Å². The maximum Gasteiger partial charge on any atom is 0.433 e. The lowest BCUT2D eigenvalue weighted by atomic mass is 10.3. The minimum Gasteiger partial charge on any atom is -0.379 e. The molecule has 1 aliphatic rings. The van der Waals surface area contributed by atoms with Crippen LogP contribution in [0.25, 0.3) is 0 Å². The van der Waals surface area contributed by atoms with Gasteiger partial charge in [-0.05, 0) is 10.3 Å². The van der Waals surface area contributed by atoms with Crippen LogP contribution in [0.4, 0.5) is 10.6 Å². The number of oxime groups is 1. The Morgan fingerprint density at radius 3 is 2.79 bits per heavy atom. The molecule has 0 spiro atoms. The van der Waals surface area contributed by atoms with Gasteiger partial charge in [-0.3, -0.25) is 4.84 Å². The Balaban J connectivity index is 2.22. The van der Waals surface area contributed by atoms with Gasteiger partial charge in [-0.15, -0.1) is 0 Å². The number of rotatable bonds is 2. The number of nitrogens with two attached hydrogens (primary N) is 1. The second-order valence-electron chi connectivity index (χ2n) is 3.64. The lowest BCUT2D eigenvalue weighted by Gasteiger charge is -2.28. The van der Waals surface area contributed by atoms with Crippen molar-refractivity contribution in [2.45, 2.75) is 0 Å². The molecule has 3 N–H and O–H groups in total. The number of nitrogens with zero attached hydrogens (tertiary/aromatic N) is 4. The highest BCUT2D eigenvalue weighted by Gasteiger charge is 2.24. The number of amides is 1. The molecule has 1 fully saturated rings. The molecule has 1 aromatic heterocycles. The molecular weight excluding hydrogens is 256 g/mol. The number of nitrogens with one attached hydrogen (secondary N) is 1. The molecule has 0 radical (unpaired) electrons. The molecule has 19 heavy (non-hydrogen) atoms. The van der Waals surface area contributed by atoms with Crippen molar-refractivity contribution in [2.24, 2.45) is 5.16 Å². The summed E-state index contributed by atoms with van der Waals surface area (Å²) in [7, 11) is 1.43. The van der Waals surface area contributed by atoms with Crippen LogP contribution in [0.1, 0.15) is 5.69 Å². The first-order valence-electron chi connectivity index (χ1n) is 5.60. The molecule has 0 saturated carbocycles. The SMILES string of the molecule is CNC(=O)O/N=C(\c1nonc1N)N1CCOCC1. The minimum absolute atomic E-state index is 0.0748. The van der Waals surface area contributed by atoms with Crippen molar-refractivity contribution in [2.75, 3.05) is 39.1 Å². The van der Waals surface area contributed by atoms with E-state index in [2.05, 4.69) is 30.3 Å². The minimum atomic E-state index is -0.694. The maximum atomic E-state index is 11.1. The Kier molecular flexibility index (Phi) is 4.13. The van der Waals surface area contributed by atoms with Gasteiger partial charge in [0.15, 0.2) is 11.5 Å². The van der Waals surface area contributed by atoms with Crippen LogP contribution in [0.2, 0.25) is 0 Å². The second kappa shape index (κ2) is 6.00. The molecule has 0 aromatic carbocycles. The number of anilines is 1. The van der Waals surface area contributed by atoms with Gasteiger partial charge in [-0.2, -0.15) is 0 Å². The Hall–Kier alpha value is -2.36. The predicted octanol–water partition coefficient (Wildman–Crippen LogP) is -0.998. The van der Waals surface area contributed by atoms with Gasteiger partial charge in [0.05, 0.1) is 13.2 Å². The molecule has 1 aliphatic heterocycles. The van der Waals surface area contributed by atoms with E-state index in [0.29, 0.717) is 26.3 Å². The van der Waals surface area contributed by atoms with Crippen molar-refractivity contribution in [3.63, 3.8) is 0 Å². The monoisotopic (exact) mass is 270 g/mol. The van der Waals surface area contributed by atoms with Crippen molar-refractivity contribution in [3.05, 3.63) is 5.69 Å². The molecule has 1 amide bonds. The molecule has 0 bridgehead atoms. The summed E-state index contributed by atoms with van der Waals surface area (Å²) >= 11 is 0. The van der Waals surface area contributed by atoms with Crippen molar-refractivity contribution in [3.8, 4) is 0 Å². The molecule has 2 heterocycles. The van der Waals surface area contributed by atoms with Gasteiger partial charge in [0.1, 0.15) is 0 Å². The van der Waals surface area contributed by atoms with Gasteiger partial charge < -0.3 is 20.7 Å². The van der Waals surface area contributed by atoms with Crippen molar-refractivity contribution in [1.82, 2.24) is 20.5 Å². The van der Waals surface area contributed by atoms with Crippen LogP contribution in [0, 0.1) is 0 Å². The third-order valence-electron chi connectivity index (χ3n) is 2.46. The van der Waals surface area contributed by atoms with Gasteiger partial charge in [-0.1, -0.05) is 5.16 Å². The number of carbonyl (C=O) groups is 1. The molecule has 10 nitrogen and oxygen atoms in total. The fourth-order valence-electron chi connectivity index (χ4n) is 1.51. The summed E-state index contributed by atoms with van der Waals surface area (Å²) in [5.74, 6) is 0.358. The smallest absolute Gasteiger partial charge is 0.379 e. The van der Waals surface area contributed by atoms with Crippen LogP contribution in [0.3, 0.4) is 0 Å². The quantitative estimate of drug-likeness (QED) is 0.303. The average molecular weight is 270 g/mol. The van der Waals surface area contributed by atoms with E-state index < -0.39 is 6.09 Å². The Labute approximate surface area is 108 Å². The number of aromatic nitrogens is 2. The number of hydrogen-bond donors (Lipinski definition) is 2. The van der Waals surface area contributed by atoms with E-state index in [9.17, 15) is 4.79 Å². The summed E-state index contributed by atoms with van der Waals surface area (Å²) in [4.78, 5) is 17.6. The van der Waals surface area contributed by atoms with Crippen LogP contribution in [-0.4, -0.2) is 60.5 Å². The summed E-state index contributed by atoms with van der Waals surface area (Å²) < 4.78 is 9.77. The van der Waals surface area contributed by atoms with Crippen LogP contribution in [0.5, 0.6) is 0 Å². The normalized spacial score (nSPS) is 16.3. The summed E-state index contributed by atoms with van der Waals surface area (Å²) in [5.41, 5.74) is 5.85. The number of amidine groups is 1. The molecule has 1 saturated heterocycles. The van der Waals surface area contributed by atoms with Crippen molar-refractivity contribution in [1.29, 1.82) is 0 Å². The van der Waals surface area contributed by atoms with Gasteiger partial charge >= 0.3 is 6.09 Å². The first kappa shape index (κ1) is 13.1. The molecule has 0 aliphatic carbocycles. The highest BCUT2D eigenvalue weighted by Crippen LogP contribution is 2.12. The van der Waals surface area contributed by atoms with Crippen LogP contribution in [0.15, 0.2) is 9.78 Å². The summed E-state index contributed by atoms with van der Waals surface area (Å²) in [6, 6.07) is 0. The van der Waals surface area contributed by atoms with Crippen LogP contribution in [-0.2, 0) is 9.57 Å². The molecular formula is C9H14N6O4. The topological polar surface area (TPSA) is 128 Å². The lowest BCUT2D eigenvalue weighted by Crippen LogP contribution is -2.42. The lowest BCUT2D eigenvalue weighted by molar-refractivity contribution is 0.0660. The Morgan fingerprint density at radius 2 is 2.21 bits per heavy atom. The second-order valence-corrected chi connectivity index (χ2v) is 3.64. The van der Waals surface area contributed by atoms with Gasteiger partial charge in [0.25, 0.3) is 0 Å². The van der Waals surface area contributed by atoms with E-state index in [4.69, 9.17) is 10.5 Å². The van der Waals surface area contributed by atoms with Gasteiger partial charge in [-0.25, -0.2) is 9.42 Å². The fourth-order valence-corrected chi connectivity index (χ4v) is 1.51. The van der Waals surface area contributed by atoms with Crippen molar-refractivity contribution >= 4 is 17.7 Å². The van der Waals surface area contributed by atoms with E-state index in [1.807, 2.05) is 4.90 Å². The molecule has 10 heteroatoms. The largest absolute Gasteiger partial charge is 0.433 e. The summed E-state index contributed by atoms with van der Waals surface area (Å²) in [6.45, 7) is 2.21. The summed E-state index contributed by atoms with van der Waals surface area (Å²) in [5, 5.41) is 13.2. The Morgan fingerprint density at radius 1 is 1.47 bits per heavy atom. The van der Waals surface area contributed by atoms with E-state index in [-0.39, 0.29) is 17.3 Å². The third-order valence-corrected chi connectivity index (χ3v) is 2.46.